The molecule has 0 unspecified atom stereocenters. The molecular weight excluding hydrogens is 376 g/mol. The number of hydrogen-bond donors (Lipinski definition) is 2. The maximum absolute atomic E-state index is 12.3. The number of amides is 1. The zero-order valence-electron chi connectivity index (χ0n) is 15.3. The van der Waals surface area contributed by atoms with E-state index in [1.165, 1.54) is 6.33 Å². The van der Waals surface area contributed by atoms with Crippen molar-refractivity contribution in [3.05, 3.63) is 76.7 Å². The second kappa shape index (κ2) is 7.28. The Labute approximate surface area is 166 Å². The second-order valence-corrected chi connectivity index (χ2v) is 6.83. The number of nitrogens with zero attached hydrogens (tertiary/aromatic N) is 4. The monoisotopic (exact) mass is 392 g/mol. The Kier molecular flexibility index (Phi) is 4.67. The Morgan fingerprint density at radius 1 is 1.07 bits per heavy atom. The molecule has 0 atom stereocenters. The van der Waals surface area contributed by atoms with E-state index in [2.05, 4.69) is 25.9 Å². The Bertz CT molecular complexity index is 1170. The smallest absolute Gasteiger partial charge is 0.269 e. The molecule has 7 nitrogen and oxygen atoms in total. The normalized spacial score (nSPS) is 10.8. The molecule has 0 aliphatic heterocycles. The van der Waals surface area contributed by atoms with E-state index in [-0.39, 0.29) is 5.91 Å². The van der Waals surface area contributed by atoms with Crippen LogP contribution in [-0.4, -0.2) is 25.7 Å². The van der Waals surface area contributed by atoms with Gasteiger partial charge >= 0.3 is 0 Å². The molecule has 0 saturated heterocycles. The molecule has 1 amide bonds. The van der Waals surface area contributed by atoms with Gasteiger partial charge in [-0.3, -0.25) is 15.6 Å². The molecule has 28 heavy (non-hydrogen) atoms. The van der Waals surface area contributed by atoms with Crippen molar-refractivity contribution in [3.8, 4) is 5.69 Å². The van der Waals surface area contributed by atoms with E-state index in [4.69, 9.17) is 11.6 Å². The zero-order valence-corrected chi connectivity index (χ0v) is 16.0. The molecule has 0 fully saturated rings. The van der Waals surface area contributed by atoms with Gasteiger partial charge in [-0.2, -0.15) is 5.10 Å². The summed E-state index contributed by atoms with van der Waals surface area (Å²) in [5.41, 5.74) is 9.60. The highest BCUT2D eigenvalue weighted by Gasteiger charge is 2.14. The van der Waals surface area contributed by atoms with Crippen molar-refractivity contribution in [2.75, 3.05) is 5.43 Å². The van der Waals surface area contributed by atoms with Gasteiger partial charge in [0, 0.05) is 10.6 Å². The summed E-state index contributed by atoms with van der Waals surface area (Å²) in [5, 5.41) is 5.71. The van der Waals surface area contributed by atoms with Crippen molar-refractivity contribution in [2.45, 2.75) is 13.8 Å². The highest BCUT2D eigenvalue weighted by atomic mass is 35.5. The van der Waals surface area contributed by atoms with Crippen LogP contribution in [0.3, 0.4) is 0 Å². The minimum absolute atomic E-state index is 0.259. The number of hydrazine groups is 1. The fraction of sp³-hybridized carbons (Fsp3) is 0.100. The van der Waals surface area contributed by atoms with Crippen molar-refractivity contribution in [1.82, 2.24) is 25.2 Å². The number of benzene rings is 2. The van der Waals surface area contributed by atoms with Gasteiger partial charge < -0.3 is 0 Å². The predicted molar refractivity (Wildman–Crippen MR) is 109 cm³/mol. The number of aromatic nitrogens is 4. The highest BCUT2D eigenvalue weighted by Crippen LogP contribution is 2.25. The molecule has 4 aromatic rings. The molecule has 0 spiro atoms. The number of carbonyl (C=O) groups is 1. The van der Waals surface area contributed by atoms with Gasteiger partial charge in [0.1, 0.15) is 6.33 Å². The SMILES string of the molecule is Cc1ccc(C(=O)NNc2ncnc3c2cnn3-c2cc(Cl)ccc2C)cc1. The Morgan fingerprint density at radius 3 is 2.64 bits per heavy atom. The summed E-state index contributed by atoms with van der Waals surface area (Å²) < 4.78 is 1.70. The van der Waals surface area contributed by atoms with Crippen molar-refractivity contribution < 1.29 is 4.79 Å². The average Bonchev–Trinajstić information content (AvgIpc) is 3.13. The first-order valence-corrected chi connectivity index (χ1v) is 8.99. The van der Waals surface area contributed by atoms with Crippen LogP contribution in [0.5, 0.6) is 0 Å². The average molecular weight is 393 g/mol. The lowest BCUT2D eigenvalue weighted by Crippen LogP contribution is -2.29. The van der Waals surface area contributed by atoms with E-state index in [1.54, 1.807) is 23.0 Å². The molecule has 2 heterocycles. The van der Waals surface area contributed by atoms with E-state index in [0.717, 1.165) is 16.8 Å². The number of aryl methyl sites for hydroxylation is 2. The summed E-state index contributed by atoms with van der Waals surface area (Å²) in [4.78, 5) is 20.9. The van der Waals surface area contributed by atoms with Crippen molar-refractivity contribution >= 4 is 34.4 Å². The van der Waals surface area contributed by atoms with Crippen molar-refractivity contribution in [2.24, 2.45) is 0 Å². The molecule has 2 aromatic heterocycles. The predicted octanol–water partition coefficient (Wildman–Crippen LogP) is 3.84. The van der Waals surface area contributed by atoms with E-state index < -0.39 is 0 Å². The summed E-state index contributed by atoms with van der Waals surface area (Å²) in [7, 11) is 0. The van der Waals surface area contributed by atoms with Gasteiger partial charge in [-0.25, -0.2) is 14.6 Å². The largest absolute Gasteiger partial charge is 0.281 e. The zero-order chi connectivity index (χ0) is 19.7. The number of carbonyl (C=O) groups excluding carboxylic acids is 1. The van der Waals surface area contributed by atoms with E-state index in [1.807, 2.05) is 44.2 Å². The lowest BCUT2D eigenvalue weighted by atomic mass is 10.1. The summed E-state index contributed by atoms with van der Waals surface area (Å²) >= 11 is 6.14. The van der Waals surface area contributed by atoms with Crippen LogP contribution in [-0.2, 0) is 0 Å². The molecule has 0 bridgehead atoms. The molecule has 2 N–H and O–H groups in total. The topological polar surface area (TPSA) is 84.7 Å². The number of fused-ring (bicyclic) bond motifs is 1. The summed E-state index contributed by atoms with van der Waals surface area (Å²) in [6.07, 6.45) is 3.07. The fourth-order valence-electron chi connectivity index (χ4n) is 2.82. The highest BCUT2D eigenvalue weighted by molar-refractivity contribution is 6.30. The molecule has 0 aliphatic rings. The molecule has 0 saturated carbocycles. The van der Waals surface area contributed by atoms with Crippen molar-refractivity contribution in [3.63, 3.8) is 0 Å². The van der Waals surface area contributed by atoms with Gasteiger partial charge in [0.2, 0.25) is 0 Å². The molecule has 4 rings (SSSR count). The van der Waals surface area contributed by atoms with Crippen LogP contribution in [0.1, 0.15) is 21.5 Å². The summed E-state index contributed by atoms with van der Waals surface area (Å²) in [6, 6.07) is 12.9. The Hall–Kier alpha value is -3.45. The molecule has 140 valence electrons. The van der Waals surface area contributed by atoms with Gasteiger partial charge in [0.15, 0.2) is 11.5 Å². The second-order valence-electron chi connectivity index (χ2n) is 6.39. The third kappa shape index (κ3) is 3.39. The van der Waals surface area contributed by atoms with Crippen molar-refractivity contribution in [1.29, 1.82) is 0 Å². The summed E-state index contributed by atoms with van der Waals surface area (Å²) in [5.74, 6) is 0.196. The lowest BCUT2D eigenvalue weighted by Gasteiger charge is -2.10. The van der Waals surface area contributed by atoms with Crippen LogP contribution in [0.15, 0.2) is 55.0 Å². The fourth-order valence-corrected chi connectivity index (χ4v) is 2.99. The van der Waals surface area contributed by atoms with Crippen LogP contribution >= 0.6 is 11.6 Å². The number of hydrogen-bond acceptors (Lipinski definition) is 5. The van der Waals surface area contributed by atoms with E-state index >= 15 is 0 Å². The van der Waals surface area contributed by atoms with Crippen LogP contribution in [0.4, 0.5) is 5.82 Å². The van der Waals surface area contributed by atoms with E-state index in [9.17, 15) is 4.79 Å². The number of halogens is 1. The van der Waals surface area contributed by atoms with Crippen LogP contribution < -0.4 is 10.9 Å². The first-order chi connectivity index (χ1) is 13.5. The van der Waals surface area contributed by atoms with Crippen LogP contribution in [0.2, 0.25) is 5.02 Å². The minimum Gasteiger partial charge on any atom is -0.281 e. The van der Waals surface area contributed by atoms with Gasteiger partial charge in [0.05, 0.1) is 17.3 Å². The Balaban J connectivity index is 1.62. The van der Waals surface area contributed by atoms with Gasteiger partial charge in [-0.15, -0.1) is 0 Å². The van der Waals surface area contributed by atoms with Crippen LogP contribution in [0, 0.1) is 13.8 Å². The maximum atomic E-state index is 12.3. The van der Waals surface area contributed by atoms with Gasteiger partial charge in [-0.1, -0.05) is 35.4 Å². The van der Waals surface area contributed by atoms with Gasteiger partial charge in [0.25, 0.3) is 5.91 Å². The molecule has 0 aliphatic carbocycles. The molecule has 0 radical (unpaired) electrons. The minimum atomic E-state index is -0.259. The third-order valence-corrected chi connectivity index (χ3v) is 4.61. The van der Waals surface area contributed by atoms with E-state index in [0.29, 0.717) is 27.4 Å². The van der Waals surface area contributed by atoms with Gasteiger partial charge in [-0.05, 0) is 43.7 Å². The molecule has 8 heteroatoms. The number of rotatable bonds is 4. The Morgan fingerprint density at radius 2 is 1.86 bits per heavy atom. The standard InChI is InChI=1S/C20H17ClN6O/c1-12-3-6-14(7-4-12)20(28)26-25-18-16-10-24-27(19(16)23-11-22-18)17-9-15(21)8-5-13(17)2/h3-11H,1-2H3,(H,26,28)(H,22,23,25). The first-order valence-electron chi connectivity index (χ1n) is 8.61. The maximum Gasteiger partial charge on any atom is 0.269 e. The lowest BCUT2D eigenvalue weighted by molar-refractivity contribution is 0.0962. The number of nitrogens with one attached hydrogen (secondary N) is 2. The quantitative estimate of drug-likeness (QED) is 0.515. The molecular formula is C20H17ClN6O. The first kappa shape index (κ1) is 17.9. The summed E-state index contributed by atoms with van der Waals surface area (Å²) in [6.45, 7) is 3.94. The van der Waals surface area contributed by atoms with Crippen LogP contribution in [0.25, 0.3) is 16.7 Å². The molecule has 2 aromatic carbocycles. The third-order valence-electron chi connectivity index (χ3n) is 4.37. The number of anilines is 1.